The molecular formula is C17H20O2. The van der Waals surface area contributed by atoms with Crippen molar-refractivity contribution in [3.05, 3.63) is 60.2 Å². The lowest BCUT2D eigenvalue weighted by atomic mass is 9.85. The van der Waals surface area contributed by atoms with Gasteiger partial charge in [-0.1, -0.05) is 51.1 Å². The molecule has 0 radical (unpaired) electrons. The normalized spacial score (nSPS) is 13.1. The number of benzene rings is 2. The van der Waals surface area contributed by atoms with Gasteiger partial charge in [0.05, 0.1) is 6.10 Å². The number of aliphatic hydroxyl groups excluding tert-OH is 1. The first-order chi connectivity index (χ1) is 8.97. The molecule has 0 fully saturated rings. The van der Waals surface area contributed by atoms with Gasteiger partial charge in [-0.25, -0.2) is 0 Å². The number of hydrogen-bond acceptors (Lipinski definition) is 2. The Morgan fingerprint density at radius 2 is 1.53 bits per heavy atom. The largest absolute Gasteiger partial charge is 0.457 e. The maximum Gasteiger partial charge on any atom is 0.127 e. The zero-order valence-electron chi connectivity index (χ0n) is 11.6. The predicted octanol–water partition coefficient (Wildman–Crippen LogP) is 4.56. The summed E-state index contributed by atoms with van der Waals surface area (Å²) in [5.41, 5.74) is 0.687. The lowest BCUT2D eigenvalue weighted by Crippen LogP contribution is -2.17. The van der Waals surface area contributed by atoms with Gasteiger partial charge in [-0.2, -0.15) is 0 Å². The summed E-state index contributed by atoms with van der Waals surface area (Å²) in [6.07, 6.45) is -0.508. The van der Waals surface area contributed by atoms with E-state index in [1.54, 1.807) is 0 Å². The van der Waals surface area contributed by atoms with E-state index in [0.717, 1.165) is 17.1 Å². The van der Waals surface area contributed by atoms with Crippen LogP contribution in [0.4, 0.5) is 0 Å². The van der Waals surface area contributed by atoms with Crippen LogP contribution in [0.2, 0.25) is 0 Å². The molecule has 19 heavy (non-hydrogen) atoms. The first-order valence-corrected chi connectivity index (χ1v) is 6.48. The summed E-state index contributed by atoms with van der Waals surface area (Å²) in [7, 11) is 0. The lowest BCUT2D eigenvalue weighted by Gasteiger charge is -2.26. The average Bonchev–Trinajstić information content (AvgIpc) is 2.38. The van der Waals surface area contributed by atoms with Crippen molar-refractivity contribution in [2.45, 2.75) is 26.9 Å². The lowest BCUT2D eigenvalue weighted by molar-refractivity contribution is 0.0625. The van der Waals surface area contributed by atoms with Crippen molar-refractivity contribution >= 4 is 0 Å². The van der Waals surface area contributed by atoms with Gasteiger partial charge in [-0.05, 0) is 35.2 Å². The van der Waals surface area contributed by atoms with Crippen molar-refractivity contribution in [3.8, 4) is 11.5 Å². The first-order valence-electron chi connectivity index (χ1n) is 6.48. The molecule has 2 heteroatoms. The molecule has 0 aromatic heterocycles. The molecule has 1 atom stereocenters. The van der Waals surface area contributed by atoms with Crippen LogP contribution in [0.5, 0.6) is 11.5 Å². The predicted molar refractivity (Wildman–Crippen MR) is 77.4 cm³/mol. The molecule has 1 unspecified atom stereocenters. The fraction of sp³-hybridized carbons (Fsp3) is 0.294. The van der Waals surface area contributed by atoms with Gasteiger partial charge in [0, 0.05) is 0 Å². The summed E-state index contributed by atoms with van der Waals surface area (Å²) in [4.78, 5) is 0. The Morgan fingerprint density at radius 3 is 2.16 bits per heavy atom. The molecule has 0 aliphatic rings. The van der Waals surface area contributed by atoms with E-state index in [9.17, 15) is 5.11 Å². The van der Waals surface area contributed by atoms with Crippen LogP contribution in [-0.2, 0) is 0 Å². The van der Waals surface area contributed by atoms with E-state index in [4.69, 9.17) is 4.74 Å². The zero-order chi connectivity index (χ0) is 13.9. The van der Waals surface area contributed by atoms with Crippen LogP contribution in [0.3, 0.4) is 0 Å². The van der Waals surface area contributed by atoms with E-state index < -0.39 is 6.10 Å². The Kier molecular flexibility index (Phi) is 3.91. The second-order valence-corrected chi connectivity index (χ2v) is 5.76. The second-order valence-electron chi connectivity index (χ2n) is 5.76. The van der Waals surface area contributed by atoms with E-state index >= 15 is 0 Å². The van der Waals surface area contributed by atoms with Gasteiger partial charge < -0.3 is 9.84 Å². The SMILES string of the molecule is CC(C)(C)C(O)c1cccc(Oc2ccccc2)c1. The highest BCUT2D eigenvalue weighted by Crippen LogP contribution is 2.34. The molecule has 0 aliphatic carbocycles. The number of rotatable bonds is 3. The van der Waals surface area contributed by atoms with Crippen molar-refractivity contribution < 1.29 is 9.84 Å². The summed E-state index contributed by atoms with van der Waals surface area (Å²) < 4.78 is 5.77. The van der Waals surface area contributed by atoms with Crippen molar-refractivity contribution in [3.63, 3.8) is 0 Å². The van der Waals surface area contributed by atoms with Crippen LogP contribution in [0.25, 0.3) is 0 Å². The van der Waals surface area contributed by atoms with Gasteiger partial charge in [0.2, 0.25) is 0 Å². The molecule has 0 bridgehead atoms. The average molecular weight is 256 g/mol. The van der Waals surface area contributed by atoms with Gasteiger partial charge in [0.25, 0.3) is 0 Å². The standard InChI is InChI=1S/C17H20O2/c1-17(2,3)16(18)13-8-7-11-15(12-13)19-14-9-5-4-6-10-14/h4-12,16,18H,1-3H3. The van der Waals surface area contributed by atoms with Crippen molar-refractivity contribution in [2.24, 2.45) is 5.41 Å². The molecule has 2 rings (SSSR count). The van der Waals surface area contributed by atoms with E-state index in [-0.39, 0.29) is 5.41 Å². The topological polar surface area (TPSA) is 29.5 Å². The fourth-order valence-electron chi connectivity index (χ4n) is 1.87. The van der Waals surface area contributed by atoms with Crippen LogP contribution in [0.1, 0.15) is 32.4 Å². The van der Waals surface area contributed by atoms with Crippen LogP contribution < -0.4 is 4.74 Å². The number of aliphatic hydroxyl groups is 1. The first kappa shape index (κ1) is 13.6. The van der Waals surface area contributed by atoms with Crippen molar-refractivity contribution in [2.75, 3.05) is 0 Å². The van der Waals surface area contributed by atoms with Crippen LogP contribution in [-0.4, -0.2) is 5.11 Å². The highest BCUT2D eigenvalue weighted by molar-refractivity contribution is 5.35. The summed E-state index contributed by atoms with van der Waals surface area (Å²) in [6, 6.07) is 17.3. The third kappa shape index (κ3) is 3.58. The third-order valence-electron chi connectivity index (χ3n) is 2.97. The summed E-state index contributed by atoms with van der Waals surface area (Å²) in [6.45, 7) is 6.05. The molecule has 2 aromatic carbocycles. The molecule has 0 saturated carbocycles. The van der Waals surface area contributed by atoms with E-state index in [2.05, 4.69) is 0 Å². The maximum atomic E-state index is 10.3. The highest BCUT2D eigenvalue weighted by Gasteiger charge is 2.23. The Hall–Kier alpha value is -1.80. The molecule has 0 spiro atoms. The van der Waals surface area contributed by atoms with Gasteiger partial charge in [0.1, 0.15) is 11.5 Å². The van der Waals surface area contributed by atoms with Crippen molar-refractivity contribution in [1.29, 1.82) is 0 Å². The third-order valence-corrected chi connectivity index (χ3v) is 2.97. The molecule has 2 nitrogen and oxygen atoms in total. The Bertz CT molecular complexity index is 526. The van der Waals surface area contributed by atoms with Crippen LogP contribution in [0, 0.1) is 5.41 Å². The molecule has 2 aromatic rings. The van der Waals surface area contributed by atoms with E-state index in [1.807, 2.05) is 75.4 Å². The van der Waals surface area contributed by atoms with Gasteiger partial charge in [-0.3, -0.25) is 0 Å². The van der Waals surface area contributed by atoms with Gasteiger partial charge in [-0.15, -0.1) is 0 Å². The second kappa shape index (κ2) is 5.45. The maximum absolute atomic E-state index is 10.3. The summed E-state index contributed by atoms with van der Waals surface area (Å²) >= 11 is 0. The molecule has 100 valence electrons. The number of hydrogen-bond donors (Lipinski definition) is 1. The zero-order valence-corrected chi connectivity index (χ0v) is 11.6. The van der Waals surface area contributed by atoms with Gasteiger partial charge >= 0.3 is 0 Å². The Labute approximate surface area is 114 Å². The molecular weight excluding hydrogens is 236 g/mol. The monoisotopic (exact) mass is 256 g/mol. The fourth-order valence-corrected chi connectivity index (χ4v) is 1.87. The minimum Gasteiger partial charge on any atom is -0.457 e. The highest BCUT2D eigenvalue weighted by atomic mass is 16.5. The van der Waals surface area contributed by atoms with E-state index in [0.29, 0.717) is 0 Å². The number of ether oxygens (including phenoxy) is 1. The molecule has 1 N–H and O–H groups in total. The van der Waals surface area contributed by atoms with Crippen LogP contribution >= 0.6 is 0 Å². The minimum atomic E-state index is -0.508. The molecule has 0 saturated heterocycles. The number of para-hydroxylation sites is 1. The van der Waals surface area contributed by atoms with Crippen LogP contribution in [0.15, 0.2) is 54.6 Å². The Balaban J connectivity index is 2.20. The smallest absolute Gasteiger partial charge is 0.127 e. The van der Waals surface area contributed by atoms with E-state index in [1.165, 1.54) is 0 Å². The molecule has 0 heterocycles. The Morgan fingerprint density at radius 1 is 0.895 bits per heavy atom. The summed E-state index contributed by atoms with van der Waals surface area (Å²) in [5, 5.41) is 10.3. The molecule has 0 aliphatic heterocycles. The van der Waals surface area contributed by atoms with Crippen molar-refractivity contribution in [1.82, 2.24) is 0 Å². The minimum absolute atomic E-state index is 0.189. The quantitative estimate of drug-likeness (QED) is 0.872. The summed E-state index contributed by atoms with van der Waals surface area (Å²) in [5.74, 6) is 1.54. The van der Waals surface area contributed by atoms with Gasteiger partial charge in [0.15, 0.2) is 0 Å². The molecule has 0 amide bonds.